The Hall–Kier alpha value is -2.25. The molecule has 1 aromatic rings. The molecule has 1 amide bonds. The molecule has 0 aromatic heterocycles. The molecule has 0 aliphatic carbocycles. The van der Waals surface area contributed by atoms with Crippen LogP contribution in [0.15, 0.2) is 29.4 Å². The van der Waals surface area contributed by atoms with Crippen LogP contribution in [0.3, 0.4) is 0 Å². The Labute approximate surface area is 113 Å². The van der Waals surface area contributed by atoms with E-state index in [2.05, 4.69) is 10.5 Å². The SMILES string of the molecule is CC(C)(C(=O)Nc1cccc(C(F)(F)F)c1)C(N)=NO. The minimum atomic E-state index is -4.50. The molecule has 0 saturated heterocycles. The van der Waals surface area contributed by atoms with E-state index in [9.17, 15) is 18.0 Å². The number of amides is 1. The summed E-state index contributed by atoms with van der Waals surface area (Å²) in [6.07, 6.45) is -4.50. The summed E-state index contributed by atoms with van der Waals surface area (Å²) in [6, 6.07) is 4.19. The number of nitrogens with zero attached hydrogens (tertiary/aromatic N) is 1. The Morgan fingerprint density at radius 3 is 2.45 bits per heavy atom. The van der Waals surface area contributed by atoms with Gasteiger partial charge >= 0.3 is 6.18 Å². The highest BCUT2D eigenvalue weighted by Gasteiger charge is 2.34. The fourth-order valence-corrected chi connectivity index (χ4v) is 1.30. The number of hydrogen-bond donors (Lipinski definition) is 3. The smallest absolute Gasteiger partial charge is 0.409 e. The molecule has 0 radical (unpaired) electrons. The Kier molecular flexibility index (Phi) is 4.26. The van der Waals surface area contributed by atoms with E-state index in [1.807, 2.05) is 0 Å². The van der Waals surface area contributed by atoms with E-state index in [1.54, 1.807) is 0 Å². The van der Waals surface area contributed by atoms with Gasteiger partial charge in [-0.05, 0) is 32.0 Å². The molecule has 20 heavy (non-hydrogen) atoms. The summed E-state index contributed by atoms with van der Waals surface area (Å²) >= 11 is 0. The van der Waals surface area contributed by atoms with Gasteiger partial charge in [0.2, 0.25) is 5.91 Å². The molecule has 0 spiro atoms. The molecule has 0 aliphatic rings. The quantitative estimate of drug-likeness (QED) is 0.345. The first-order chi connectivity index (χ1) is 9.09. The van der Waals surface area contributed by atoms with Gasteiger partial charge in [0.15, 0.2) is 5.84 Å². The zero-order valence-electron chi connectivity index (χ0n) is 10.8. The largest absolute Gasteiger partial charge is 0.416 e. The van der Waals surface area contributed by atoms with Gasteiger partial charge in [-0.15, -0.1) is 0 Å². The summed E-state index contributed by atoms with van der Waals surface area (Å²) in [5.41, 5.74) is 3.10. The van der Waals surface area contributed by atoms with E-state index in [1.165, 1.54) is 26.0 Å². The number of nitrogens with two attached hydrogens (primary N) is 1. The lowest BCUT2D eigenvalue weighted by Crippen LogP contribution is -2.42. The molecule has 1 aromatic carbocycles. The van der Waals surface area contributed by atoms with Crippen LogP contribution in [-0.2, 0) is 11.0 Å². The average molecular weight is 289 g/mol. The first-order valence-electron chi connectivity index (χ1n) is 5.55. The number of nitrogens with one attached hydrogen (secondary N) is 1. The molecular weight excluding hydrogens is 275 g/mol. The van der Waals surface area contributed by atoms with Crippen molar-refractivity contribution < 1.29 is 23.2 Å². The molecular formula is C12H14F3N3O2. The van der Waals surface area contributed by atoms with Crippen molar-refractivity contribution in [3.05, 3.63) is 29.8 Å². The van der Waals surface area contributed by atoms with Crippen LogP contribution in [0.4, 0.5) is 18.9 Å². The summed E-state index contributed by atoms with van der Waals surface area (Å²) < 4.78 is 37.6. The number of halogens is 3. The Balaban J connectivity index is 2.98. The normalized spacial score (nSPS) is 13.2. The lowest BCUT2D eigenvalue weighted by atomic mass is 9.91. The van der Waals surface area contributed by atoms with Gasteiger partial charge < -0.3 is 16.3 Å². The molecule has 5 nitrogen and oxygen atoms in total. The molecule has 0 saturated carbocycles. The highest BCUT2D eigenvalue weighted by molar-refractivity contribution is 6.11. The predicted molar refractivity (Wildman–Crippen MR) is 67.3 cm³/mol. The van der Waals surface area contributed by atoms with Crippen LogP contribution in [-0.4, -0.2) is 17.0 Å². The van der Waals surface area contributed by atoms with Crippen LogP contribution < -0.4 is 11.1 Å². The van der Waals surface area contributed by atoms with Crippen molar-refractivity contribution >= 4 is 17.4 Å². The average Bonchev–Trinajstić information content (AvgIpc) is 2.36. The zero-order valence-corrected chi connectivity index (χ0v) is 10.8. The highest BCUT2D eigenvalue weighted by atomic mass is 19.4. The Morgan fingerprint density at radius 1 is 1.35 bits per heavy atom. The zero-order chi connectivity index (χ0) is 15.6. The molecule has 0 aliphatic heterocycles. The van der Waals surface area contributed by atoms with E-state index >= 15 is 0 Å². The molecule has 0 atom stereocenters. The summed E-state index contributed by atoms with van der Waals surface area (Å²) in [5.74, 6) is -1.03. The lowest BCUT2D eigenvalue weighted by molar-refractivity contribution is -0.137. The van der Waals surface area contributed by atoms with Crippen molar-refractivity contribution in [2.45, 2.75) is 20.0 Å². The minimum absolute atomic E-state index is 0.0244. The van der Waals surface area contributed by atoms with Crippen molar-refractivity contribution in [2.24, 2.45) is 16.3 Å². The van der Waals surface area contributed by atoms with E-state index in [4.69, 9.17) is 10.9 Å². The number of benzene rings is 1. The van der Waals surface area contributed by atoms with Gasteiger partial charge in [-0.3, -0.25) is 4.79 Å². The third-order valence-corrected chi connectivity index (χ3v) is 2.76. The molecule has 0 bridgehead atoms. The Bertz CT molecular complexity index is 539. The van der Waals surface area contributed by atoms with Gasteiger partial charge in [0.05, 0.1) is 5.56 Å². The number of amidine groups is 1. The number of anilines is 1. The third kappa shape index (κ3) is 3.40. The summed E-state index contributed by atoms with van der Waals surface area (Å²) in [4.78, 5) is 11.9. The minimum Gasteiger partial charge on any atom is -0.409 e. The maximum Gasteiger partial charge on any atom is 0.416 e. The second-order valence-electron chi connectivity index (χ2n) is 4.64. The molecule has 110 valence electrons. The van der Waals surface area contributed by atoms with Gasteiger partial charge in [-0.25, -0.2) is 0 Å². The van der Waals surface area contributed by atoms with Gasteiger partial charge in [-0.2, -0.15) is 13.2 Å². The second-order valence-corrected chi connectivity index (χ2v) is 4.64. The fourth-order valence-electron chi connectivity index (χ4n) is 1.30. The molecule has 0 unspecified atom stereocenters. The van der Waals surface area contributed by atoms with Crippen LogP contribution in [0, 0.1) is 5.41 Å². The van der Waals surface area contributed by atoms with Crippen LogP contribution in [0.25, 0.3) is 0 Å². The molecule has 8 heteroatoms. The number of alkyl halides is 3. The van der Waals surface area contributed by atoms with Gasteiger partial charge in [0.25, 0.3) is 0 Å². The summed E-state index contributed by atoms with van der Waals surface area (Å²) in [5, 5.41) is 13.6. The lowest BCUT2D eigenvalue weighted by Gasteiger charge is -2.22. The number of hydrogen-bond acceptors (Lipinski definition) is 3. The Morgan fingerprint density at radius 2 is 1.95 bits per heavy atom. The number of oxime groups is 1. The maximum absolute atomic E-state index is 12.5. The monoisotopic (exact) mass is 289 g/mol. The van der Waals surface area contributed by atoms with Crippen molar-refractivity contribution in [3.8, 4) is 0 Å². The first-order valence-corrected chi connectivity index (χ1v) is 5.55. The summed E-state index contributed by atoms with van der Waals surface area (Å²) in [7, 11) is 0. The standard InChI is InChI=1S/C12H14F3N3O2/c1-11(2,9(16)18-20)10(19)17-8-5-3-4-7(6-8)12(13,14)15/h3-6,20H,1-2H3,(H2,16,18)(H,17,19). The van der Waals surface area contributed by atoms with Crippen LogP contribution in [0.5, 0.6) is 0 Å². The number of carbonyl (C=O) groups excluding carboxylic acids is 1. The van der Waals surface area contributed by atoms with Crippen molar-refractivity contribution in [2.75, 3.05) is 5.32 Å². The van der Waals surface area contributed by atoms with Crippen molar-refractivity contribution in [1.82, 2.24) is 0 Å². The molecule has 1 rings (SSSR count). The van der Waals surface area contributed by atoms with Crippen LogP contribution in [0.2, 0.25) is 0 Å². The van der Waals surface area contributed by atoms with E-state index in [0.717, 1.165) is 12.1 Å². The number of carbonyl (C=O) groups is 1. The van der Waals surface area contributed by atoms with Crippen molar-refractivity contribution in [3.63, 3.8) is 0 Å². The summed E-state index contributed by atoms with van der Waals surface area (Å²) in [6.45, 7) is 2.76. The third-order valence-electron chi connectivity index (χ3n) is 2.76. The van der Waals surface area contributed by atoms with E-state index in [-0.39, 0.29) is 11.5 Å². The van der Waals surface area contributed by atoms with Crippen LogP contribution >= 0.6 is 0 Å². The van der Waals surface area contributed by atoms with Gasteiger partial charge in [-0.1, -0.05) is 11.2 Å². The topological polar surface area (TPSA) is 87.7 Å². The van der Waals surface area contributed by atoms with Gasteiger partial charge in [0, 0.05) is 5.69 Å². The predicted octanol–water partition coefficient (Wildman–Crippen LogP) is 2.42. The highest BCUT2D eigenvalue weighted by Crippen LogP contribution is 2.31. The second kappa shape index (κ2) is 5.40. The first kappa shape index (κ1) is 15.8. The van der Waals surface area contributed by atoms with E-state index < -0.39 is 23.1 Å². The van der Waals surface area contributed by atoms with Crippen LogP contribution in [0.1, 0.15) is 19.4 Å². The number of rotatable bonds is 3. The van der Waals surface area contributed by atoms with E-state index in [0.29, 0.717) is 0 Å². The maximum atomic E-state index is 12.5. The fraction of sp³-hybridized carbons (Fsp3) is 0.333. The molecule has 0 fully saturated rings. The molecule has 0 heterocycles. The van der Waals surface area contributed by atoms with Gasteiger partial charge in [0.1, 0.15) is 5.41 Å². The molecule has 4 N–H and O–H groups in total. The van der Waals surface area contributed by atoms with Crippen molar-refractivity contribution in [1.29, 1.82) is 0 Å².